The minimum Gasteiger partial charge on any atom is -0.321 e. The third-order valence-corrected chi connectivity index (χ3v) is 4.36. The predicted octanol–water partition coefficient (Wildman–Crippen LogP) is 2.30. The van der Waals surface area contributed by atoms with Crippen molar-refractivity contribution in [3.05, 3.63) is 45.6 Å². The lowest BCUT2D eigenvalue weighted by atomic mass is 10.3. The van der Waals surface area contributed by atoms with Crippen LogP contribution in [0.2, 0.25) is 4.34 Å². The summed E-state index contributed by atoms with van der Waals surface area (Å²) >= 11 is 6.87. The molecule has 1 amide bonds. The van der Waals surface area contributed by atoms with Crippen LogP contribution in [0.3, 0.4) is 0 Å². The van der Waals surface area contributed by atoms with Crippen molar-refractivity contribution in [1.82, 2.24) is 0 Å². The van der Waals surface area contributed by atoms with E-state index in [-0.39, 0.29) is 10.8 Å². The van der Waals surface area contributed by atoms with Crippen LogP contribution in [0.15, 0.2) is 41.3 Å². The molecule has 1 aromatic carbocycles. The molecule has 0 radical (unpaired) electrons. The molecular formula is C11H9ClN2O3S2. The first kappa shape index (κ1) is 14.0. The maximum Gasteiger partial charge on any atom is 0.265 e. The average molecular weight is 317 g/mol. The van der Waals surface area contributed by atoms with Crippen molar-refractivity contribution in [3.8, 4) is 0 Å². The molecule has 19 heavy (non-hydrogen) atoms. The summed E-state index contributed by atoms with van der Waals surface area (Å²) in [6, 6.07) is 8.92. The second-order valence-corrected chi connectivity index (χ2v) is 6.91. The summed E-state index contributed by atoms with van der Waals surface area (Å²) in [5.41, 5.74) is 0.348. The number of nitrogens with two attached hydrogens (primary N) is 1. The van der Waals surface area contributed by atoms with Crippen LogP contribution in [0.5, 0.6) is 0 Å². The third kappa shape index (κ3) is 3.54. The molecule has 0 saturated heterocycles. The summed E-state index contributed by atoms with van der Waals surface area (Å²) in [4.78, 5) is 12.2. The van der Waals surface area contributed by atoms with E-state index in [1.807, 2.05) is 0 Å². The molecule has 1 aromatic heterocycles. The molecule has 0 fully saturated rings. The molecule has 0 aliphatic rings. The van der Waals surface area contributed by atoms with E-state index in [1.54, 1.807) is 18.2 Å². The lowest BCUT2D eigenvalue weighted by Crippen LogP contribution is -2.14. The molecule has 0 aliphatic heterocycles. The van der Waals surface area contributed by atoms with Gasteiger partial charge in [0.15, 0.2) is 0 Å². The van der Waals surface area contributed by atoms with Gasteiger partial charge in [-0.05, 0) is 30.3 Å². The molecule has 0 spiro atoms. The van der Waals surface area contributed by atoms with E-state index in [1.165, 1.54) is 18.2 Å². The maximum atomic E-state index is 11.8. The number of hydrogen-bond donors (Lipinski definition) is 2. The van der Waals surface area contributed by atoms with Crippen molar-refractivity contribution in [2.75, 3.05) is 5.32 Å². The first-order valence-electron chi connectivity index (χ1n) is 5.06. The molecule has 0 aliphatic carbocycles. The van der Waals surface area contributed by atoms with E-state index >= 15 is 0 Å². The van der Waals surface area contributed by atoms with Crippen molar-refractivity contribution >= 4 is 44.6 Å². The Hall–Kier alpha value is -1.41. The highest BCUT2D eigenvalue weighted by Crippen LogP contribution is 2.23. The molecule has 0 bridgehead atoms. The van der Waals surface area contributed by atoms with Crippen molar-refractivity contribution in [2.45, 2.75) is 4.90 Å². The van der Waals surface area contributed by atoms with Gasteiger partial charge in [-0.1, -0.05) is 17.7 Å². The number of carbonyl (C=O) groups is 1. The number of benzene rings is 1. The summed E-state index contributed by atoms with van der Waals surface area (Å²) < 4.78 is 22.9. The zero-order valence-electron chi connectivity index (χ0n) is 9.46. The number of halogens is 1. The average Bonchev–Trinajstić information content (AvgIpc) is 2.75. The number of nitrogens with one attached hydrogen (secondary N) is 1. The summed E-state index contributed by atoms with van der Waals surface area (Å²) in [6.07, 6.45) is 0. The van der Waals surface area contributed by atoms with Crippen molar-refractivity contribution in [1.29, 1.82) is 0 Å². The highest BCUT2D eigenvalue weighted by molar-refractivity contribution is 7.89. The fourth-order valence-corrected chi connectivity index (χ4v) is 2.88. The number of thiophene rings is 1. The topological polar surface area (TPSA) is 89.3 Å². The molecule has 100 valence electrons. The number of sulfonamides is 1. The van der Waals surface area contributed by atoms with Crippen molar-refractivity contribution < 1.29 is 13.2 Å². The molecule has 0 saturated carbocycles. The first-order valence-corrected chi connectivity index (χ1v) is 7.80. The van der Waals surface area contributed by atoms with Crippen LogP contribution in [-0.2, 0) is 10.0 Å². The minimum absolute atomic E-state index is 0.0606. The van der Waals surface area contributed by atoms with E-state index in [0.717, 1.165) is 11.3 Å². The van der Waals surface area contributed by atoms with Gasteiger partial charge >= 0.3 is 0 Å². The Labute approximate surface area is 119 Å². The molecule has 3 N–H and O–H groups in total. The normalized spacial score (nSPS) is 11.3. The summed E-state index contributed by atoms with van der Waals surface area (Å²) in [7, 11) is -3.79. The standard InChI is InChI=1S/C11H9ClN2O3S2/c12-10-5-4-9(18-10)11(15)14-7-2-1-3-8(6-7)19(13,16)17/h1-6H,(H,14,15)(H2,13,16,17). The van der Waals surface area contributed by atoms with Crippen molar-refractivity contribution in [2.24, 2.45) is 5.14 Å². The van der Waals surface area contributed by atoms with E-state index in [0.29, 0.717) is 14.9 Å². The monoisotopic (exact) mass is 316 g/mol. The van der Waals surface area contributed by atoms with Gasteiger partial charge in [0.05, 0.1) is 14.1 Å². The fourth-order valence-electron chi connectivity index (χ4n) is 1.38. The van der Waals surface area contributed by atoms with Crippen LogP contribution in [0.4, 0.5) is 5.69 Å². The van der Waals surface area contributed by atoms with Crippen molar-refractivity contribution in [3.63, 3.8) is 0 Å². The number of primary sulfonamides is 1. The molecule has 2 aromatic rings. The van der Waals surface area contributed by atoms with E-state index in [9.17, 15) is 13.2 Å². The summed E-state index contributed by atoms with van der Waals surface area (Å²) in [5, 5.41) is 7.59. The quantitative estimate of drug-likeness (QED) is 0.910. The summed E-state index contributed by atoms with van der Waals surface area (Å²) in [5.74, 6) is -0.358. The van der Waals surface area contributed by atoms with Crippen LogP contribution in [-0.4, -0.2) is 14.3 Å². The molecular weight excluding hydrogens is 308 g/mol. The van der Waals surface area contributed by atoms with Gasteiger partial charge in [0, 0.05) is 5.69 Å². The van der Waals surface area contributed by atoms with Gasteiger partial charge in [0.25, 0.3) is 5.91 Å². The Morgan fingerprint density at radius 3 is 2.58 bits per heavy atom. The number of rotatable bonds is 3. The Kier molecular flexibility index (Phi) is 3.91. The minimum atomic E-state index is -3.79. The van der Waals surface area contributed by atoms with Crippen LogP contribution < -0.4 is 10.5 Å². The van der Waals surface area contributed by atoms with Crippen LogP contribution in [0.1, 0.15) is 9.67 Å². The van der Waals surface area contributed by atoms with Gasteiger partial charge in [0.1, 0.15) is 0 Å². The highest BCUT2D eigenvalue weighted by Gasteiger charge is 2.11. The van der Waals surface area contributed by atoms with Crippen LogP contribution in [0, 0.1) is 0 Å². The smallest absolute Gasteiger partial charge is 0.265 e. The van der Waals surface area contributed by atoms with Gasteiger partial charge in [-0.3, -0.25) is 4.79 Å². The molecule has 5 nitrogen and oxygen atoms in total. The van der Waals surface area contributed by atoms with Gasteiger partial charge in [-0.25, -0.2) is 13.6 Å². The van der Waals surface area contributed by atoms with Gasteiger partial charge in [0.2, 0.25) is 10.0 Å². The zero-order chi connectivity index (χ0) is 14.0. The lowest BCUT2D eigenvalue weighted by molar-refractivity contribution is 0.103. The second-order valence-electron chi connectivity index (χ2n) is 3.63. The number of amides is 1. The SMILES string of the molecule is NS(=O)(=O)c1cccc(NC(=O)c2ccc(Cl)s2)c1. The van der Waals surface area contributed by atoms with Crippen LogP contribution in [0.25, 0.3) is 0 Å². The molecule has 2 rings (SSSR count). The Bertz CT molecular complexity index is 725. The molecule has 1 heterocycles. The van der Waals surface area contributed by atoms with Gasteiger partial charge in [-0.15, -0.1) is 11.3 Å². The molecule has 8 heteroatoms. The largest absolute Gasteiger partial charge is 0.321 e. The van der Waals surface area contributed by atoms with Gasteiger partial charge < -0.3 is 5.32 Å². The zero-order valence-corrected chi connectivity index (χ0v) is 11.8. The number of carbonyl (C=O) groups excluding carboxylic acids is 1. The number of hydrogen-bond acceptors (Lipinski definition) is 4. The Morgan fingerprint density at radius 2 is 2.00 bits per heavy atom. The number of anilines is 1. The lowest BCUT2D eigenvalue weighted by Gasteiger charge is -2.05. The first-order chi connectivity index (χ1) is 8.86. The van der Waals surface area contributed by atoms with E-state index < -0.39 is 10.0 Å². The van der Waals surface area contributed by atoms with E-state index in [4.69, 9.17) is 16.7 Å². The Balaban J connectivity index is 2.22. The third-order valence-electron chi connectivity index (χ3n) is 2.22. The second kappa shape index (κ2) is 5.30. The Morgan fingerprint density at radius 1 is 1.26 bits per heavy atom. The predicted molar refractivity (Wildman–Crippen MR) is 75.1 cm³/mol. The fraction of sp³-hybridized carbons (Fsp3) is 0. The highest BCUT2D eigenvalue weighted by atomic mass is 35.5. The maximum absolute atomic E-state index is 11.8. The molecule has 0 unspecified atom stereocenters. The van der Waals surface area contributed by atoms with E-state index in [2.05, 4.69) is 5.32 Å². The molecule has 0 atom stereocenters. The van der Waals surface area contributed by atoms with Crippen LogP contribution >= 0.6 is 22.9 Å². The van der Waals surface area contributed by atoms with Gasteiger partial charge in [-0.2, -0.15) is 0 Å². The summed E-state index contributed by atoms with van der Waals surface area (Å²) in [6.45, 7) is 0.